The fourth-order valence-electron chi connectivity index (χ4n) is 5.84. The first kappa shape index (κ1) is 22.4. The molecule has 1 aromatic carbocycles. The SMILES string of the molecule is Cc1csc([C@@H](CCN2CCC(N3CCCNC3=O)CC2)[C@@H]2c3ccccc3C(=O)N2C)c1. The van der Waals surface area contributed by atoms with Crippen molar-refractivity contribution < 1.29 is 9.59 Å². The number of urea groups is 1. The second kappa shape index (κ2) is 9.47. The molecule has 0 spiro atoms. The first-order valence-electron chi connectivity index (χ1n) is 12.2. The Hall–Kier alpha value is -2.38. The van der Waals surface area contributed by atoms with Gasteiger partial charge in [0.1, 0.15) is 0 Å². The van der Waals surface area contributed by atoms with Gasteiger partial charge in [0.15, 0.2) is 0 Å². The lowest BCUT2D eigenvalue weighted by molar-refractivity contribution is 0.0741. The molecule has 0 aliphatic carbocycles. The molecule has 3 aliphatic rings. The third-order valence-electron chi connectivity index (χ3n) is 7.61. The van der Waals surface area contributed by atoms with E-state index in [2.05, 4.69) is 40.7 Å². The number of fused-ring (bicyclic) bond motifs is 1. The summed E-state index contributed by atoms with van der Waals surface area (Å²) >= 11 is 1.82. The molecule has 3 aliphatic heterocycles. The topological polar surface area (TPSA) is 55.9 Å². The molecule has 0 saturated carbocycles. The molecule has 33 heavy (non-hydrogen) atoms. The number of thiophene rings is 1. The van der Waals surface area contributed by atoms with Crippen molar-refractivity contribution in [3.63, 3.8) is 0 Å². The number of likely N-dealkylation sites (N-methyl/N-ethyl adjacent to an activating group) is 1. The number of aryl methyl sites for hydroxylation is 1. The predicted molar refractivity (Wildman–Crippen MR) is 132 cm³/mol. The Morgan fingerprint density at radius 3 is 2.67 bits per heavy atom. The molecule has 2 aromatic rings. The van der Waals surface area contributed by atoms with Crippen LogP contribution in [-0.2, 0) is 0 Å². The van der Waals surface area contributed by atoms with Crippen LogP contribution in [0.5, 0.6) is 0 Å². The van der Waals surface area contributed by atoms with Gasteiger partial charge in [0.25, 0.3) is 5.91 Å². The van der Waals surface area contributed by atoms with Crippen LogP contribution < -0.4 is 5.32 Å². The van der Waals surface area contributed by atoms with E-state index in [0.29, 0.717) is 6.04 Å². The van der Waals surface area contributed by atoms with E-state index >= 15 is 0 Å². The molecule has 7 heteroatoms. The van der Waals surface area contributed by atoms with Gasteiger partial charge in [0.05, 0.1) is 6.04 Å². The number of amides is 3. The Morgan fingerprint density at radius 1 is 1.15 bits per heavy atom. The zero-order valence-electron chi connectivity index (χ0n) is 19.6. The maximum absolute atomic E-state index is 12.9. The van der Waals surface area contributed by atoms with Crippen LogP contribution in [0.3, 0.4) is 0 Å². The van der Waals surface area contributed by atoms with E-state index in [1.165, 1.54) is 10.4 Å². The molecular formula is C26H34N4O2S. The normalized spacial score (nSPS) is 23.0. The molecule has 2 atom stereocenters. The van der Waals surface area contributed by atoms with Gasteiger partial charge in [-0.25, -0.2) is 4.79 Å². The van der Waals surface area contributed by atoms with Crippen molar-refractivity contribution in [3.05, 3.63) is 57.3 Å². The van der Waals surface area contributed by atoms with Crippen molar-refractivity contribution in [2.24, 2.45) is 0 Å². The van der Waals surface area contributed by atoms with Crippen molar-refractivity contribution in [3.8, 4) is 0 Å². The highest BCUT2D eigenvalue weighted by molar-refractivity contribution is 7.10. The van der Waals surface area contributed by atoms with Crippen molar-refractivity contribution in [1.82, 2.24) is 20.0 Å². The van der Waals surface area contributed by atoms with Gasteiger partial charge in [-0.15, -0.1) is 11.3 Å². The Bertz CT molecular complexity index is 1010. The molecule has 1 N–H and O–H groups in total. The van der Waals surface area contributed by atoms with Crippen molar-refractivity contribution in [2.45, 2.75) is 50.6 Å². The van der Waals surface area contributed by atoms with E-state index in [-0.39, 0.29) is 23.9 Å². The molecule has 5 rings (SSSR count). The zero-order valence-corrected chi connectivity index (χ0v) is 20.4. The highest BCUT2D eigenvalue weighted by atomic mass is 32.1. The van der Waals surface area contributed by atoms with E-state index in [4.69, 9.17) is 0 Å². The monoisotopic (exact) mass is 466 g/mol. The number of likely N-dealkylation sites (tertiary alicyclic amines) is 1. The van der Waals surface area contributed by atoms with Gasteiger partial charge in [-0.3, -0.25) is 4.79 Å². The molecule has 176 valence electrons. The van der Waals surface area contributed by atoms with Gasteiger partial charge >= 0.3 is 6.03 Å². The van der Waals surface area contributed by atoms with Crippen LogP contribution in [0.25, 0.3) is 0 Å². The van der Waals surface area contributed by atoms with E-state index in [1.807, 2.05) is 40.3 Å². The number of carbonyl (C=O) groups is 2. The molecule has 0 unspecified atom stereocenters. The smallest absolute Gasteiger partial charge is 0.317 e. The van der Waals surface area contributed by atoms with Gasteiger partial charge in [0, 0.05) is 55.6 Å². The number of nitrogens with one attached hydrogen (secondary N) is 1. The Labute approximate surface area is 200 Å². The van der Waals surface area contributed by atoms with Crippen LogP contribution in [0.2, 0.25) is 0 Å². The summed E-state index contributed by atoms with van der Waals surface area (Å²) in [6.07, 6.45) is 4.15. The maximum Gasteiger partial charge on any atom is 0.317 e. The predicted octanol–water partition coefficient (Wildman–Crippen LogP) is 4.24. The zero-order chi connectivity index (χ0) is 22.9. The number of benzene rings is 1. The summed E-state index contributed by atoms with van der Waals surface area (Å²) in [5, 5.41) is 5.21. The molecule has 1 aromatic heterocycles. The minimum atomic E-state index is 0.0846. The van der Waals surface area contributed by atoms with Crippen LogP contribution in [0.1, 0.15) is 64.0 Å². The summed E-state index contributed by atoms with van der Waals surface area (Å²) in [7, 11) is 1.95. The lowest BCUT2D eigenvalue weighted by Gasteiger charge is -2.40. The summed E-state index contributed by atoms with van der Waals surface area (Å²) in [6.45, 7) is 6.91. The highest BCUT2D eigenvalue weighted by Crippen LogP contribution is 2.45. The average molecular weight is 467 g/mol. The average Bonchev–Trinajstić information content (AvgIpc) is 3.37. The van der Waals surface area contributed by atoms with Gasteiger partial charge in [0.2, 0.25) is 0 Å². The third kappa shape index (κ3) is 4.41. The van der Waals surface area contributed by atoms with E-state index in [1.54, 1.807) is 0 Å². The van der Waals surface area contributed by atoms with Gasteiger partial charge in [-0.1, -0.05) is 18.2 Å². The van der Waals surface area contributed by atoms with Crippen molar-refractivity contribution >= 4 is 23.3 Å². The Kier molecular flexibility index (Phi) is 6.43. The fraction of sp³-hybridized carbons (Fsp3) is 0.538. The summed E-state index contributed by atoms with van der Waals surface area (Å²) in [6, 6.07) is 11.0. The third-order valence-corrected chi connectivity index (χ3v) is 8.79. The molecule has 0 bridgehead atoms. The van der Waals surface area contributed by atoms with Crippen LogP contribution in [0.4, 0.5) is 4.79 Å². The lowest BCUT2D eigenvalue weighted by Crippen LogP contribution is -2.54. The molecule has 6 nitrogen and oxygen atoms in total. The van der Waals surface area contributed by atoms with Crippen molar-refractivity contribution in [2.75, 3.05) is 39.8 Å². The quantitative estimate of drug-likeness (QED) is 0.693. The summed E-state index contributed by atoms with van der Waals surface area (Å²) in [4.78, 5) is 33.1. The number of hydrogen-bond donors (Lipinski definition) is 1. The van der Waals surface area contributed by atoms with Crippen LogP contribution in [-0.4, -0.2) is 72.5 Å². The summed E-state index contributed by atoms with van der Waals surface area (Å²) in [5.74, 6) is 0.418. The van der Waals surface area contributed by atoms with Crippen LogP contribution in [0.15, 0.2) is 35.7 Å². The molecule has 3 amide bonds. The van der Waals surface area contributed by atoms with E-state index in [0.717, 1.165) is 69.5 Å². The number of hydrogen-bond acceptors (Lipinski definition) is 4. The standard InChI is InChI=1S/C26H34N4O2S/c1-18-16-23(33-17-18)22(24-20-6-3-4-7-21(20)25(31)28(24)2)10-15-29-13-8-19(9-14-29)30-12-5-11-27-26(30)32/h3-4,6-7,16-17,19,22,24H,5,8-15H2,1-2H3,(H,27,32)/t22-,24+/m1/s1. The first-order chi connectivity index (χ1) is 16.0. The number of carbonyl (C=O) groups excluding carboxylic acids is 2. The van der Waals surface area contributed by atoms with Crippen molar-refractivity contribution in [1.29, 1.82) is 0 Å². The Balaban J connectivity index is 1.28. The molecule has 4 heterocycles. The maximum atomic E-state index is 12.9. The number of rotatable bonds is 6. The van der Waals surface area contributed by atoms with Crippen LogP contribution >= 0.6 is 11.3 Å². The van der Waals surface area contributed by atoms with E-state index in [9.17, 15) is 9.59 Å². The molecule has 2 saturated heterocycles. The number of nitrogens with zero attached hydrogens (tertiary/aromatic N) is 3. The molecular weight excluding hydrogens is 432 g/mol. The minimum absolute atomic E-state index is 0.0846. The number of piperidine rings is 1. The fourth-order valence-corrected chi connectivity index (χ4v) is 6.90. The van der Waals surface area contributed by atoms with Gasteiger partial charge in [-0.2, -0.15) is 0 Å². The molecule has 0 radical (unpaired) electrons. The second-order valence-corrected chi connectivity index (χ2v) is 10.7. The molecule has 2 fully saturated rings. The Morgan fingerprint density at radius 2 is 1.94 bits per heavy atom. The van der Waals surface area contributed by atoms with Gasteiger partial charge in [-0.05, 0) is 67.8 Å². The first-order valence-corrected chi connectivity index (χ1v) is 13.1. The summed E-state index contributed by atoms with van der Waals surface area (Å²) < 4.78 is 0. The highest BCUT2D eigenvalue weighted by Gasteiger charge is 2.40. The summed E-state index contributed by atoms with van der Waals surface area (Å²) in [5.41, 5.74) is 3.31. The second-order valence-electron chi connectivity index (χ2n) is 9.72. The minimum Gasteiger partial charge on any atom is -0.338 e. The lowest BCUT2D eigenvalue weighted by atomic mass is 9.88. The van der Waals surface area contributed by atoms with Gasteiger partial charge < -0.3 is 20.0 Å². The van der Waals surface area contributed by atoms with Crippen LogP contribution in [0, 0.1) is 6.92 Å². The largest absolute Gasteiger partial charge is 0.338 e. The van der Waals surface area contributed by atoms with E-state index < -0.39 is 0 Å².